The van der Waals surface area contributed by atoms with Crippen LogP contribution in [0.25, 0.3) is 0 Å². The lowest BCUT2D eigenvalue weighted by atomic mass is 9.81. The van der Waals surface area contributed by atoms with Crippen LogP contribution in [0.15, 0.2) is 24.3 Å². The quantitative estimate of drug-likeness (QED) is 0.567. The number of nitrogens with zero attached hydrogens (tertiary/aromatic N) is 1. The van der Waals surface area contributed by atoms with E-state index in [2.05, 4.69) is 31.9 Å². The molecule has 3 aliphatic rings. The minimum atomic E-state index is -0.219. The molecule has 1 N–H and O–H groups in total. The summed E-state index contributed by atoms with van der Waals surface area (Å²) in [6.45, 7) is 0. The number of phenols is 1. The van der Waals surface area contributed by atoms with Crippen molar-refractivity contribution in [2.75, 3.05) is 4.90 Å². The molecule has 2 amide bonds. The lowest BCUT2D eigenvalue weighted by Crippen LogP contribution is -2.37. The van der Waals surface area contributed by atoms with Crippen LogP contribution in [0.4, 0.5) is 5.69 Å². The van der Waals surface area contributed by atoms with Crippen molar-refractivity contribution in [3.63, 3.8) is 0 Å². The topological polar surface area (TPSA) is 57.6 Å². The van der Waals surface area contributed by atoms with Gasteiger partial charge in [-0.1, -0.05) is 37.9 Å². The summed E-state index contributed by atoms with van der Waals surface area (Å²) in [6.07, 6.45) is 0.923. The van der Waals surface area contributed by atoms with Crippen LogP contribution < -0.4 is 4.90 Å². The van der Waals surface area contributed by atoms with E-state index in [1.807, 2.05) is 0 Å². The SMILES string of the molecule is O=C1[C@@H]2[C@H](C(=O)N1c1cccc(O)c1)[C@@H]1C[C@H]2C(Br)C1Br. The van der Waals surface area contributed by atoms with E-state index in [1.54, 1.807) is 12.1 Å². The molecule has 1 aliphatic heterocycles. The molecule has 3 fully saturated rings. The average Bonchev–Trinajstić information content (AvgIpc) is 3.04. The molecule has 21 heavy (non-hydrogen) atoms. The van der Waals surface area contributed by atoms with E-state index in [0.29, 0.717) is 5.69 Å². The number of carbonyl (C=O) groups is 2. The van der Waals surface area contributed by atoms with E-state index >= 15 is 0 Å². The number of hydrogen-bond acceptors (Lipinski definition) is 3. The lowest BCUT2D eigenvalue weighted by molar-refractivity contribution is -0.123. The second-order valence-corrected chi connectivity index (χ2v) is 8.15. The van der Waals surface area contributed by atoms with E-state index in [1.165, 1.54) is 17.0 Å². The Hall–Kier alpha value is -0.880. The van der Waals surface area contributed by atoms with Gasteiger partial charge in [-0.15, -0.1) is 0 Å². The number of halogens is 2. The number of imide groups is 1. The van der Waals surface area contributed by atoms with Gasteiger partial charge in [-0.25, -0.2) is 4.90 Å². The van der Waals surface area contributed by atoms with Crippen LogP contribution in [-0.4, -0.2) is 26.6 Å². The summed E-state index contributed by atoms with van der Waals surface area (Å²) in [4.78, 5) is 27.2. The minimum absolute atomic E-state index is 0.0601. The third-order valence-corrected chi connectivity index (χ3v) is 8.28. The van der Waals surface area contributed by atoms with Crippen molar-refractivity contribution in [1.29, 1.82) is 0 Å². The number of anilines is 1. The molecule has 2 bridgehead atoms. The van der Waals surface area contributed by atoms with Crippen LogP contribution in [0.1, 0.15) is 6.42 Å². The molecule has 1 aromatic rings. The molecule has 4 nitrogen and oxygen atoms in total. The summed E-state index contributed by atoms with van der Waals surface area (Å²) in [5.74, 6) is -0.193. The highest BCUT2D eigenvalue weighted by molar-refractivity contribution is 9.12. The number of aromatic hydroxyl groups is 1. The van der Waals surface area contributed by atoms with E-state index in [0.717, 1.165) is 6.42 Å². The van der Waals surface area contributed by atoms with E-state index in [4.69, 9.17) is 0 Å². The van der Waals surface area contributed by atoms with Crippen LogP contribution in [0.5, 0.6) is 5.75 Å². The number of carbonyl (C=O) groups excluding carboxylic acids is 2. The molecule has 1 saturated heterocycles. The van der Waals surface area contributed by atoms with Crippen LogP contribution >= 0.6 is 31.9 Å². The fraction of sp³-hybridized carbons (Fsp3) is 0.467. The number of fused-ring (bicyclic) bond motifs is 5. The Bertz CT molecular complexity index is 618. The van der Waals surface area contributed by atoms with E-state index in [9.17, 15) is 14.7 Å². The molecule has 6 heteroatoms. The molecule has 0 radical (unpaired) electrons. The number of benzene rings is 1. The Labute approximate surface area is 138 Å². The number of alkyl halides is 2. The normalized spacial score (nSPS) is 41.0. The Morgan fingerprint density at radius 2 is 1.62 bits per heavy atom. The second kappa shape index (κ2) is 4.56. The zero-order chi connectivity index (χ0) is 14.9. The molecule has 2 saturated carbocycles. The summed E-state index contributed by atoms with van der Waals surface area (Å²) in [6, 6.07) is 6.34. The van der Waals surface area contributed by atoms with Crippen LogP contribution in [0.2, 0.25) is 0 Å². The summed E-state index contributed by atoms with van der Waals surface area (Å²) < 4.78 is 0. The zero-order valence-corrected chi connectivity index (χ0v) is 14.1. The third-order valence-electron chi connectivity index (χ3n) is 5.08. The monoisotopic (exact) mass is 413 g/mol. The number of hydrogen-bond donors (Lipinski definition) is 1. The molecule has 0 spiro atoms. The van der Waals surface area contributed by atoms with Gasteiger partial charge >= 0.3 is 0 Å². The Morgan fingerprint density at radius 3 is 2.14 bits per heavy atom. The average molecular weight is 415 g/mol. The lowest BCUT2D eigenvalue weighted by Gasteiger charge is -2.28. The first-order valence-corrected chi connectivity index (χ1v) is 8.79. The molecular formula is C15H13Br2NO3. The van der Waals surface area contributed by atoms with E-state index < -0.39 is 0 Å². The largest absolute Gasteiger partial charge is 0.508 e. The Kier molecular flexibility index (Phi) is 2.99. The summed E-state index contributed by atoms with van der Waals surface area (Å²) >= 11 is 7.33. The van der Waals surface area contributed by atoms with Crippen molar-refractivity contribution < 1.29 is 14.7 Å². The number of rotatable bonds is 1. The highest BCUT2D eigenvalue weighted by Crippen LogP contribution is 2.60. The molecule has 1 heterocycles. The van der Waals surface area contributed by atoms with Gasteiger partial charge in [-0.05, 0) is 30.4 Å². The summed E-state index contributed by atoms with van der Waals surface area (Å²) in [5.41, 5.74) is 0.469. The maximum Gasteiger partial charge on any atom is 0.238 e. The molecule has 1 aromatic carbocycles. The molecule has 2 aliphatic carbocycles. The minimum Gasteiger partial charge on any atom is -0.508 e. The Balaban J connectivity index is 1.75. The molecular weight excluding hydrogens is 402 g/mol. The molecule has 4 rings (SSSR count). The van der Waals surface area contributed by atoms with Crippen molar-refractivity contribution in [1.82, 2.24) is 0 Å². The van der Waals surface area contributed by atoms with Gasteiger partial charge in [0.05, 0.1) is 17.5 Å². The second-order valence-electron chi connectivity index (χ2n) is 6.04. The number of amides is 2. The van der Waals surface area contributed by atoms with Gasteiger partial charge < -0.3 is 5.11 Å². The molecule has 0 aromatic heterocycles. The zero-order valence-electron chi connectivity index (χ0n) is 10.9. The van der Waals surface area contributed by atoms with Crippen molar-refractivity contribution >= 4 is 49.4 Å². The van der Waals surface area contributed by atoms with Gasteiger partial charge in [-0.2, -0.15) is 0 Å². The van der Waals surface area contributed by atoms with Crippen molar-refractivity contribution in [3.8, 4) is 5.75 Å². The van der Waals surface area contributed by atoms with Crippen molar-refractivity contribution in [3.05, 3.63) is 24.3 Å². The van der Waals surface area contributed by atoms with Crippen LogP contribution in [-0.2, 0) is 9.59 Å². The summed E-state index contributed by atoms with van der Waals surface area (Å²) in [7, 11) is 0. The third kappa shape index (κ3) is 1.72. The van der Waals surface area contributed by atoms with E-state index in [-0.39, 0.29) is 50.9 Å². The van der Waals surface area contributed by atoms with Gasteiger partial charge in [0.15, 0.2) is 0 Å². The van der Waals surface area contributed by atoms with Crippen LogP contribution in [0.3, 0.4) is 0 Å². The predicted octanol–water partition coefficient (Wildman–Crippen LogP) is 2.67. The molecule has 110 valence electrons. The van der Waals surface area contributed by atoms with Gasteiger partial charge in [0.1, 0.15) is 5.75 Å². The molecule has 6 atom stereocenters. The first-order valence-electron chi connectivity index (χ1n) is 6.95. The highest BCUT2D eigenvalue weighted by Gasteiger charge is 2.66. The van der Waals surface area contributed by atoms with Crippen molar-refractivity contribution in [2.24, 2.45) is 23.7 Å². The fourth-order valence-corrected chi connectivity index (χ4v) is 6.11. The van der Waals surface area contributed by atoms with Gasteiger partial charge in [-0.3, -0.25) is 9.59 Å². The first-order chi connectivity index (χ1) is 10.0. The fourth-order valence-electron chi connectivity index (χ4n) is 4.24. The first kappa shape index (κ1) is 13.8. The maximum atomic E-state index is 12.7. The molecule has 2 unspecified atom stereocenters. The van der Waals surface area contributed by atoms with Crippen molar-refractivity contribution in [2.45, 2.75) is 16.1 Å². The highest BCUT2D eigenvalue weighted by atomic mass is 79.9. The van der Waals surface area contributed by atoms with Gasteiger partial charge in [0.2, 0.25) is 11.8 Å². The van der Waals surface area contributed by atoms with Crippen LogP contribution in [0, 0.1) is 23.7 Å². The smallest absolute Gasteiger partial charge is 0.238 e. The maximum absolute atomic E-state index is 12.7. The van der Waals surface area contributed by atoms with Gasteiger partial charge in [0.25, 0.3) is 0 Å². The standard InChI is InChI=1S/C15H13Br2NO3/c16-12-8-5-9(13(12)17)11-10(8)14(20)18(15(11)21)6-2-1-3-7(19)4-6/h1-4,8-13,19H,5H2/t8-,9+,10+,11-,12?,13?. The summed E-state index contributed by atoms with van der Waals surface area (Å²) in [5, 5.41) is 9.59. The Morgan fingerprint density at radius 1 is 1.05 bits per heavy atom. The van der Waals surface area contributed by atoms with Gasteiger partial charge in [0, 0.05) is 15.7 Å². The predicted molar refractivity (Wildman–Crippen MR) is 84.6 cm³/mol. The number of phenolic OH excluding ortho intramolecular Hbond substituents is 1.